The van der Waals surface area contributed by atoms with Crippen LogP contribution in [0.15, 0.2) is 39.7 Å². The first-order chi connectivity index (χ1) is 6.31. The van der Waals surface area contributed by atoms with E-state index in [1.165, 1.54) is 12.3 Å². The molecule has 0 spiro atoms. The highest BCUT2D eigenvalue weighted by Crippen LogP contribution is 2.17. The third-order valence-corrected chi connectivity index (χ3v) is 1.87. The molecule has 3 heteroatoms. The maximum absolute atomic E-state index is 11.3. The van der Waals surface area contributed by atoms with E-state index < -0.39 is 0 Å². The lowest BCUT2D eigenvalue weighted by atomic mass is 10.2. The van der Waals surface area contributed by atoms with Gasteiger partial charge in [0.15, 0.2) is 5.43 Å². The molecule has 2 rings (SSSR count). The van der Waals surface area contributed by atoms with Gasteiger partial charge < -0.3 is 9.15 Å². The van der Waals surface area contributed by atoms with Crippen LogP contribution in [0.5, 0.6) is 5.75 Å². The highest BCUT2D eigenvalue weighted by molar-refractivity contribution is 5.77. The molecule has 1 heterocycles. The summed E-state index contributed by atoms with van der Waals surface area (Å²) in [6.45, 7) is 0. The third-order valence-electron chi connectivity index (χ3n) is 1.87. The lowest BCUT2D eigenvalue weighted by Crippen LogP contribution is -1.97. The maximum atomic E-state index is 11.3. The van der Waals surface area contributed by atoms with Gasteiger partial charge in [0.2, 0.25) is 0 Å². The summed E-state index contributed by atoms with van der Waals surface area (Å²) < 4.78 is 10.1. The maximum Gasteiger partial charge on any atom is 0.192 e. The predicted octanol–water partition coefficient (Wildman–Crippen LogP) is 1.80. The van der Waals surface area contributed by atoms with Crippen LogP contribution in [0.2, 0.25) is 0 Å². The average Bonchev–Trinajstić information content (AvgIpc) is 2.18. The lowest BCUT2D eigenvalue weighted by Gasteiger charge is -1.99. The van der Waals surface area contributed by atoms with Gasteiger partial charge in [0.25, 0.3) is 0 Å². The van der Waals surface area contributed by atoms with Crippen LogP contribution in [-0.2, 0) is 0 Å². The summed E-state index contributed by atoms with van der Waals surface area (Å²) in [4.78, 5) is 11.3. The van der Waals surface area contributed by atoms with Crippen molar-refractivity contribution >= 4 is 11.0 Å². The molecule has 0 aliphatic heterocycles. The fraction of sp³-hybridized carbons (Fsp3) is 0.100. The zero-order valence-electron chi connectivity index (χ0n) is 7.11. The Labute approximate surface area is 74.6 Å². The minimum absolute atomic E-state index is 0.0554. The van der Waals surface area contributed by atoms with Crippen LogP contribution in [0.25, 0.3) is 11.0 Å². The molecule has 0 fully saturated rings. The molecule has 0 aliphatic rings. The first-order valence-electron chi connectivity index (χ1n) is 3.87. The Bertz CT molecular complexity index is 485. The summed E-state index contributed by atoms with van der Waals surface area (Å²) in [6.07, 6.45) is 1.39. The number of benzene rings is 1. The van der Waals surface area contributed by atoms with Crippen molar-refractivity contribution in [1.82, 2.24) is 0 Å². The van der Waals surface area contributed by atoms with Gasteiger partial charge in [0.1, 0.15) is 11.3 Å². The molecule has 13 heavy (non-hydrogen) atoms. The SMILES string of the molecule is COc1ccc2occc(=O)c2c1. The van der Waals surface area contributed by atoms with Gasteiger partial charge in [-0.3, -0.25) is 4.79 Å². The van der Waals surface area contributed by atoms with Crippen LogP contribution in [-0.4, -0.2) is 7.11 Å². The quantitative estimate of drug-likeness (QED) is 0.665. The molecule has 0 atom stereocenters. The average molecular weight is 176 g/mol. The van der Waals surface area contributed by atoms with Crippen LogP contribution in [0.4, 0.5) is 0 Å². The molecule has 1 aromatic heterocycles. The Hall–Kier alpha value is -1.77. The van der Waals surface area contributed by atoms with Gasteiger partial charge in [-0.2, -0.15) is 0 Å². The van der Waals surface area contributed by atoms with E-state index in [2.05, 4.69) is 0 Å². The number of hydrogen-bond acceptors (Lipinski definition) is 3. The lowest BCUT2D eigenvalue weighted by molar-refractivity contribution is 0.415. The van der Waals surface area contributed by atoms with Crippen LogP contribution in [0.3, 0.4) is 0 Å². The Kier molecular flexibility index (Phi) is 1.77. The van der Waals surface area contributed by atoms with Crippen LogP contribution < -0.4 is 10.2 Å². The standard InChI is InChI=1S/C10H8O3/c1-12-7-2-3-10-8(6-7)9(11)4-5-13-10/h2-6H,1H3. The van der Waals surface area contributed by atoms with Crippen molar-refractivity contribution in [2.24, 2.45) is 0 Å². The van der Waals surface area contributed by atoms with E-state index in [1.54, 1.807) is 25.3 Å². The Morgan fingerprint density at radius 1 is 1.31 bits per heavy atom. The molecule has 1 aromatic carbocycles. The fourth-order valence-corrected chi connectivity index (χ4v) is 1.19. The van der Waals surface area contributed by atoms with Gasteiger partial charge >= 0.3 is 0 Å². The van der Waals surface area contributed by atoms with Gasteiger partial charge in [0, 0.05) is 6.07 Å². The van der Waals surface area contributed by atoms with Gasteiger partial charge in [-0.15, -0.1) is 0 Å². The van der Waals surface area contributed by atoms with Crippen molar-refractivity contribution in [3.05, 3.63) is 40.8 Å². The minimum atomic E-state index is -0.0554. The van der Waals surface area contributed by atoms with E-state index in [1.807, 2.05) is 0 Å². The normalized spacial score (nSPS) is 10.2. The van der Waals surface area contributed by atoms with Crippen molar-refractivity contribution < 1.29 is 9.15 Å². The molecular formula is C10H8O3. The van der Waals surface area contributed by atoms with E-state index in [9.17, 15) is 4.79 Å². The molecule has 2 aromatic rings. The third kappa shape index (κ3) is 1.28. The monoisotopic (exact) mass is 176 g/mol. The first kappa shape index (κ1) is 7.86. The second-order valence-corrected chi connectivity index (χ2v) is 2.65. The fourth-order valence-electron chi connectivity index (χ4n) is 1.19. The topological polar surface area (TPSA) is 39.4 Å². The number of methoxy groups -OCH3 is 1. The van der Waals surface area contributed by atoms with Crippen LogP contribution in [0, 0.1) is 0 Å². The van der Waals surface area contributed by atoms with Crippen LogP contribution in [0.1, 0.15) is 0 Å². The number of rotatable bonds is 1. The molecule has 3 nitrogen and oxygen atoms in total. The van der Waals surface area contributed by atoms with Gasteiger partial charge in [0.05, 0.1) is 18.8 Å². The van der Waals surface area contributed by atoms with E-state index in [4.69, 9.17) is 9.15 Å². The molecule has 0 saturated carbocycles. The van der Waals surface area contributed by atoms with Gasteiger partial charge in [-0.25, -0.2) is 0 Å². The van der Waals surface area contributed by atoms with Crippen molar-refractivity contribution in [1.29, 1.82) is 0 Å². The van der Waals surface area contributed by atoms with Gasteiger partial charge in [-0.1, -0.05) is 0 Å². The number of fused-ring (bicyclic) bond motifs is 1. The van der Waals surface area contributed by atoms with Gasteiger partial charge in [-0.05, 0) is 18.2 Å². The first-order valence-corrected chi connectivity index (χ1v) is 3.87. The summed E-state index contributed by atoms with van der Waals surface area (Å²) in [7, 11) is 1.56. The van der Waals surface area contributed by atoms with E-state index in [0.29, 0.717) is 16.7 Å². The van der Waals surface area contributed by atoms with E-state index in [0.717, 1.165) is 0 Å². The molecule has 0 amide bonds. The molecule has 0 N–H and O–H groups in total. The highest BCUT2D eigenvalue weighted by Gasteiger charge is 2.00. The zero-order chi connectivity index (χ0) is 9.26. The molecule has 0 bridgehead atoms. The molecule has 0 unspecified atom stereocenters. The molecule has 0 aliphatic carbocycles. The molecular weight excluding hydrogens is 168 g/mol. The summed E-state index contributed by atoms with van der Waals surface area (Å²) in [5, 5.41) is 0.543. The summed E-state index contributed by atoms with van der Waals surface area (Å²) >= 11 is 0. The zero-order valence-corrected chi connectivity index (χ0v) is 7.11. The van der Waals surface area contributed by atoms with Crippen molar-refractivity contribution in [2.75, 3.05) is 7.11 Å². The predicted molar refractivity (Wildman–Crippen MR) is 49.0 cm³/mol. The Morgan fingerprint density at radius 3 is 2.92 bits per heavy atom. The number of ether oxygens (including phenoxy) is 1. The van der Waals surface area contributed by atoms with Crippen molar-refractivity contribution in [3.8, 4) is 5.75 Å². The van der Waals surface area contributed by atoms with E-state index >= 15 is 0 Å². The summed E-state index contributed by atoms with van der Waals surface area (Å²) in [5.41, 5.74) is 0.522. The summed E-state index contributed by atoms with van der Waals surface area (Å²) in [6, 6.07) is 6.53. The van der Waals surface area contributed by atoms with Crippen LogP contribution >= 0.6 is 0 Å². The largest absolute Gasteiger partial charge is 0.497 e. The number of hydrogen-bond donors (Lipinski definition) is 0. The minimum Gasteiger partial charge on any atom is -0.497 e. The highest BCUT2D eigenvalue weighted by atomic mass is 16.5. The Balaban J connectivity index is 2.82. The van der Waals surface area contributed by atoms with Crippen molar-refractivity contribution in [2.45, 2.75) is 0 Å². The molecule has 0 saturated heterocycles. The second kappa shape index (κ2) is 2.94. The molecule has 0 radical (unpaired) electrons. The summed E-state index contributed by atoms with van der Waals surface area (Å²) in [5.74, 6) is 0.658. The van der Waals surface area contributed by atoms with Crippen molar-refractivity contribution in [3.63, 3.8) is 0 Å². The smallest absolute Gasteiger partial charge is 0.192 e. The van der Waals surface area contributed by atoms with E-state index in [-0.39, 0.29) is 5.43 Å². The molecule has 66 valence electrons. The second-order valence-electron chi connectivity index (χ2n) is 2.65. The Morgan fingerprint density at radius 2 is 2.15 bits per heavy atom.